The maximum absolute atomic E-state index is 13.1. The fourth-order valence-corrected chi connectivity index (χ4v) is 4.82. The summed E-state index contributed by atoms with van der Waals surface area (Å²) in [7, 11) is 1.52. The summed E-state index contributed by atoms with van der Waals surface area (Å²) in [5.74, 6) is -2.08. The molecule has 4 rings (SSSR count). The number of nitrogens with two attached hydrogens (primary N) is 1. The number of carbonyl (C=O) groups is 3. The van der Waals surface area contributed by atoms with E-state index in [0.717, 1.165) is 0 Å². The molecule has 2 saturated heterocycles. The van der Waals surface area contributed by atoms with Crippen molar-refractivity contribution in [2.75, 3.05) is 25.6 Å². The number of quaternary nitrogens is 1. The number of ether oxygens (including phenoxy) is 1. The highest BCUT2D eigenvalue weighted by Gasteiger charge is 2.73. The maximum Gasteiger partial charge on any atom is 0.291 e. The first-order chi connectivity index (χ1) is 11.9. The number of fused-ring (bicyclic) bond motifs is 4. The van der Waals surface area contributed by atoms with Crippen molar-refractivity contribution in [3.8, 4) is 0 Å². The molecule has 0 radical (unpaired) electrons. The topological polar surface area (TPSA) is 92.3 Å². The van der Waals surface area contributed by atoms with Gasteiger partial charge in [-0.2, -0.15) is 0 Å². The van der Waals surface area contributed by atoms with Crippen LogP contribution in [0.1, 0.15) is 12.5 Å². The first-order valence-corrected chi connectivity index (χ1v) is 8.62. The summed E-state index contributed by atoms with van der Waals surface area (Å²) >= 11 is 6.23. The molecule has 0 aromatic heterocycles. The minimum Gasteiger partial charge on any atom is -0.383 e. The number of para-hydroxylation sites is 1. The monoisotopic (exact) mass is 364 g/mol. The molecule has 3 aliphatic rings. The zero-order valence-electron chi connectivity index (χ0n) is 13.9. The molecule has 7 nitrogen and oxygen atoms in total. The number of hydrogen-bond acceptors (Lipinski definition) is 4. The Bertz CT molecular complexity index is 798. The van der Waals surface area contributed by atoms with E-state index >= 15 is 0 Å². The largest absolute Gasteiger partial charge is 0.383 e. The number of rotatable bonds is 3. The molecular weight excluding hydrogens is 346 g/mol. The van der Waals surface area contributed by atoms with E-state index in [2.05, 4.69) is 5.32 Å². The van der Waals surface area contributed by atoms with Crippen molar-refractivity contribution < 1.29 is 24.4 Å². The first kappa shape index (κ1) is 16.5. The van der Waals surface area contributed by atoms with E-state index < -0.39 is 17.4 Å². The van der Waals surface area contributed by atoms with Gasteiger partial charge in [0.15, 0.2) is 0 Å². The summed E-state index contributed by atoms with van der Waals surface area (Å²) in [5, 5.41) is 5.10. The number of halogens is 1. The van der Waals surface area contributed by atoms with Crippen LogP contribution in [0, 0.1) is 11.8 Å². The van der Waals surface area contributed by atoms with Crippen LogP contribution in [0.4, 0.5) is 5.69 Å². The normalized spacial score (nSPS) is 33.2. The van der Waals surface area contributed by atoms with Crippen LogP contribution in [-0.4, -0.2) is 48.9 Å². The molecular formula is C17H19ClN3O4+. The summed E-state index contributed by atoms with van der Waals surface area (Å²) in [6, 6.07) is 5.08. The number of imide groups is 1. The third-order valence-corrected chi connectivity index (χ3v) is 5.93. The molecule has 132 valence electrons. The first-order valence-electron chi connectivity index (χ1n) is 8.24. The molecule has 3 N–H and O–H groups in total. The Labute approximate surface area is 149 Å². The van der Waals surface area contributed by atoms with E-state index in [1.807, 2.05) is 12.2 Å². The Morgan fingerprint density at radius 3 is 2.80 bits per heavy atom. The Balaban J connectivity index is 1.84. The highest BCUT2D eigenvalue weighted by atomic mass is 35.5. The summed E-state index contributed by atoms with van der Waals surface area (Å²) in [4.78, 5) is 40.1. The quantitative estimate of drug-likeness (QED) is 0.720. The maximum atomic E-state index is 13.1. The van der Waals surface area contributed by atoms with Gasteiger partial charge in [-0.3, -0.25) is 19.3 Å². The highest BCUT2D eigenvalue weighted by molar-refractivity contribution is 6.35. The summed E-state index contributed by atoms with van der Waals surface area (Å²) in [6.45, 7) is 2.36. The van der Waals surface area contributed by atoms with E-state index in [-0.39, 0.29) is 36.9 Å². The molecule has 1 aromatic carbocycles. The summed E-state index contributed by atoms with van der Waals surface area (Å²) in [5.41, 5.74) is 0.0757. The van der Waals surface area contributed by atoms with Crippen molar-refractivity contribution in [1.82, 2.24) is 4.90 Å². The van der Waals surface area contributed by atoms with Crippen LogP contribution in [-0.2, 0) is 24.7 Å². The zero-order valence-corrected chi connectivity index (χ0v) is 14.7. The smallest absolute Gasteiger partial charge is 0.291 e. The molecule has 25 heavy (non-hydrogen) atoms. The van der Waals surface area contributed by atoms with Crippen molar-refractivity contribution in [3.05, 3.63) is 28.8 Å². The lowest BCUT2D eigenvalue weighted by molar-refractivity contribution is -0.730. The molecule has 3 aliphatic heterocycles. The van der Waals surface area contributed by atoms with Gasteiger partial charge in [0.25, 0.3) is 5.91 Å². The van der Waals surface area contributed by atoms with Gasteiger partial charge in [-0.1, -0.05) is 17.7 Å². The van der Waals surface area contributed by atoms with Gasteiger partial charge in [-0.15, -0.1) is 0 Å². The number of carbonyl (C=O) groups excluding carboxylic acids is 3. The highest BCUT2D eigenvalue weighted by Crippen LogP contribution is 2.50. The van der Waals surface area contributed by atoms with Gasteiger partial charge < -0.3 is 15.4 Å². The average Bonchev–Trinajstić information content (AvgIpc) is 3.13. The predicted octanol–water partition coefficient (Wildman–Crippen LogP) is -0.299. The van der Waals surface area contributed by atoms with Crippen molar-refractivity contribution in [3.63, 3.8) is 0 Å². The molecule has 1 aromatic rings. The van der Waals surface area contributed by atoms with E-state index in [4.69, 9.17) is 16.3 Å². The number of benzene rings is 1. The SMILES string of the molecule is COCCN1C(=O)[C@@H]2[C@H](C)[NH2+][C@]3(C(=O)Nc4c(Cl)cccc43)[C@@H]2C1=O. The predicted molar refractivity (Wildman–Crippen MR) is 88.7 cm³/mol. The molecule has 1 spiro atoms. The molecule has 3 amide bonds. The van der Waals surface area contributed by atoms with E-state index in [1.165, 1.54) is 12.0 Å². The molecule has 8 heteroatoms. The molecule has 2 fully saturated rings. The summed E-state index contributed by atoms with van der Waals surface area (Å²) in [6.07, 6.45) is 0. The second-order valence-electron chi connectivity index (χ2n) is 6.84. The number of nitrogens with one attached hydrogen (secondary N) is 1. The van der Waals surface area contributed by atoms with Crippen LogP contribution < -0.4 is 10.6 Å². The second-order valence-corrected chi connectivity index (χ2v) is 7.24. The molecule has 0 aliphatic carbocycles. The number of nitrogens with zero attached hydrogens (tertiary/aromatic N) is 1. The van der Waals surface area contributed by atoms with Crippen molar-refractivity contribution in [1.29, 1.82) is 0 Å². The van der Waals surface area contributed by atoms with E-state index in [1.54, 1.807) is 18.2 Å². The van der Waals surface area contributed by atoms with E-state index in [0.29, 0.717) is 16.3 Å². The Morgan fingerprint density at radius 1 is 1.32 bits per heavy atom. The van der Waals surface area contributed by atoms with Crippen LogP contribution in [0.2, 0.25) is 5.02 Å². The fourth-order valence-electron chi connectivity index (χ4n) is 4.59. The molecule has 3 heterocycles. The number of amides is 3. The van der Waals surface area contributed by atoms with Crippen LogP contribution in [0.25, 0.3) is 0 Å². The van der Waals surface area contributed by atoms with Gasteiger partial charge in [0, 0.05) is 12.7 Å². The Hall–Kier alpha value is -1.96. The minimum absolute atomic E-state index is 0.190. The van der Waals surface area contributed by atoms with Gasteiger partial charge in [-0.05, 0) is 19.1 Å². The average molecular weight is 365 g/mol. The molecule has 0 unspecified atom stereocenters. The molecule has 0 bridgehead atoms. The van der Waals surface area contributed by atoms with Crippen molar-refractivity contribution in [2.45, 2.75) is 18.5 Å². The number of hydrogen-bond donors (Lipinski definition) is 2. The zero-order chi connectivity index (χ0) is 17.9. The summed E-state index contributed by atoms with van der Waals surface area (Å²) < 4.78 is 5.01. The number of methoxy groups -OCH3 is 1. The van der Waals surface area contributed by atoms with Gasteiger partial charge in [0.1, 0.15) is 11.8 Å². The lowest BCUT2D eigenvalue weighted by atomic mass is 9.76. The Kier molecular flexibility index (Phi) is 3.64. The minimum atomic E-state index is -1.14. The van der Waals surface area contributed by atoms with Gasteiger partial charge in [-0.25, -0.2) is 0 Å². The lowest BCUT2D eigenvalue weighted by Crippen LogP contribution is -2.98. The van der Waals surface area contributed by atoms with E-state index in [9.17, 15) is 14.4 Å². The van der Waals surface area contributed by atoms with Crippen LogP contribution in [0.5, 0.6) is 0 Å². The Morgan fingerprint density at radius 2 is 2.08 bits per heavy atom. The molecule has 4 atom stereocenters. The van der Waals surface area contributed by atoms with Crippen molar-refractivity contribution >= 4 is 35.0 Å². The van der Waals surface area contributed by atoms with Gasteiger partial charge in [0.2, 0.25) is 17.4 Å². The second kappa shape index (κ2) is 5.52. The number of likely N-dealkylation sites (tertiary alicyclic amines) is 1. The molecule has 0 saturated carbocycles. The lowest BCUT2D eigenvalue weighted by Gasteiger charge is -2.25. The fraction of sp³-hybridized carbons (Fsp3) is 0.471. The van der Waals surface area contributed by atoms with Crippen LogP contribution >= 0.6 is 11.6 Å². The van der Waals surface area contributed by atoms with Crippen LogP contribution in [0.3, 0.4) is 0 Å². The standard InChI is InChI=1S/C17H18ClN3O4/c1-8-11-12(15(23)21(14(11)22)6-7-25-2)17(20-8)9-4-3-5-10(18)13(9)19-16(17)24/h3-5,8,11-12,20H,6-7H2,1-2H3,(H,19,24)/p+1/t8-,11+,12-,17-/m0/s1. The third kappa shape index (κ3) is 1.97. The van der Waals surface area contributed by atoms with Crippen LogP contribution in [0.15, 0.2) is 18.2 Å². The van der Waals surface area contributed by atoms with Gasteiger partial charge >= 0.3 is 0 Å². The van der Waals surface area contributed by atoms with Gasteiger partial charge in [0.05, 0.1) is 29.9 Å². The third-order valence-electron chi connectivity index (χ3n) is 5.62. The number of anilines is 1. The van der Waals surface area contributed by atoms with Crippen molar-refractivity contribution in [2.24, 2.45) is 11.8 Å².